The van der Waals surface area contributed by atoms with Gasteiger partial charge in [0.05, 0.1) is 0 Å². The number of H-pyrrole nitrogens is 4. The predicted octanol–water partition coefficient (Wildman–Crippen LogP) is 23.0. The number of benzene rings is 8. The van der Waals surface area contributed by atoms with Gasteiger partial charge in [0.1, 0.15) is 11.6 Å². The second-order valence-corrected chi connectivity index (χ2v) is 27.1. The molecule has 8 aromatic heterocycles. The van der Waals surface area contributed by atoms with Crippen LogP contribution in [0.5, 0.6) is 0 Å². The molecule has 0 spiro atoms. The number of hydrogen-bond donors (Lipinski definition) is 4. The molecule has 0 aliphatic carbocycles. The molecule has 102 heavy (non-hydrogen) atoms. The summed E-state index contributed by atoms with van der Waals surface area (Å²) in [7, 11) is 0. The highest BCUT2D eigenvalue weighted by Gasteiger charge is 2.27. The van der Waals surface area contributed by atoms with Crippen molar-refractivity contribution in [3.63, 3.8) is 0 Å². The van der Waals surface area contributed by atoms with Crippen LogP contribution in [0.25, 0.3) is 43.6 Å². The lowest BCUT2D eigenvalue weighted by Crippen LogP contribution is -2.07. The van der Waals surface area contributed by atoms with E-state index in [2.05, 4.69) is 215 Å². The maximum atomic E-state index is 13.9. The standard InChI is InChI=1S/C25H26N2.C22H19ClN2.2C22H19FN2/c1-17(2)19-11-13-20(14-12-19)23(16-21-8-6-7-15-26-21)25-18(3)27-24-10-5-4-9-22(24)25;2*1-15-22(19-10-2-3-11-21(19)25-15)20(14-18-9-4-5-12-24-18)16-7-6-8-17(23)13-16;1-15-22(19-7-2-3-8-21(19)25-15)20(14-18-6-4-5-13-24-18)16-9-11-17(23)12-10-16/h4-15,17,23,27H,16H2,1-3H3;3*2-13,20,25H,14H2,1H3. The van der Waals surface area contributed by atoms with Gasteiger partial charge in [-0.2, -0.15) is 0 Å². The lowest BCUT2D eigenvalue weighted by atomic mass is 9.84. The summed E-state index contributed by atoms with van der Waals surface area (Å²) in [5.41, 5.74) is 24.7. The molecule has 8 aromatic carbocycles. The van der Waals surface area contributed by atoms with E-state index in [4.69, 9.17) is 11.6 Å². The third kappa shape index (κ3) is 16.3. The summed E-state index contributed by atoms with van der Waals surface area (Å²) in [6.07, 6.45) is 10.6. The van der Waals surface area contributed by atoms with Gasteiger partial charge in [0.2, 0.25) is 0 Å². The molecule has 0 bridgehead atoms. The van der Waals surface area contributed by atoms with Crippen LogP contribution in [0.15, 0.2) is 292 Å². The van der Waals surface area contributed by atoms with Crippen molar-refractivity contribution in [3.05, 3.63) is 404 Å². The molecule has 508 valence electrons. The van der Waals surface area contributed by atoms with Gasteiger partial charge in [-0.1, -0.05) is 183 Å². The van der Waals surface area contributed by atoms with E-state index in [0.717, 1.165) is 87.0 Å². The quantitative estimate of drug-likeness (QED) is 0.0727. The largest absolute Gasteiger partial charge is 0.358 e. The van der Waals surface area contributed by atoms with Crippen LogP contribution < -0.4 is 0 Å². The predicted molar refractivity (Wildman–Crippen MR) is 416 cm³/mol. The second-order valence-electron chi connectivity index (χ2n) is 26.6. The molecular weight excluding hydrogens is 1280 g/mol. The number of halogens is 3. The third-order valence-corrected chi connectivity index (χ3v) is 19.7. The van der Waals surface area contributed by atoms with E-state index in [-0.39, 0.29) is 35.3 Å². The van der Waals surface area contributed by atoms with Crippen LogP contribution in [0.1, 0.15) is 139 Å². The zero-order valence-corrected chi connectivity index (χ0v) is 59.1. The summed E-state index contributed by atoms with van der Waals surface area (Å²) in [4.78, 5) is 32.2. The van der Waals surface area contributed by atoms with Gasteiger partial charge < -0.3 is 19.9 Å². The third-order valence-electron chi connectivity index (χ3n) is 19.5. The first kappa shape index (κ1) is 69.2. The highest BCUT2D eigenvalue weighted by atomic mass is 35.5. The summed E-state index contributed by atoms with van der Waals surface area (Å²) >= 11 is 6.29. The molecule has 0 saturated carbocycles. The van der Waals surface area contributed by atoms with Crippen molar-refractivity contribution in [1.29, 1.82) is 0 Å². The van der Waals surface area contributed by atoms with E-state index in [0.29, 0.717) is 5.92 Å². The zero-order valence-electron chi connectivity index (χ0n) is 58.4. The van der Waals surface area contributed by atoms with Crippen LogP contribution >= 0.6 is 11.6 Å². The van der Waals surface area contributed by atoms with Gasteiger partial charge in [0.25, 0.3) is 0 Å². The average molecular weight is 1360 g/mol. The van der Waals surface area contributed by atoms with Gasteiger partial charge in [0.15, 0.2) is 0 Å². The van der Waals surface area contributed by atoms with E-state index < -0.39 is 0 Å². The number of rotatable bonds is 17. The molecule has 0 fully saturated rings. The lowest BCUT2D eigenvalue weighted by molar-refractivity contribution is 0.622. The van der Waals surface area contributed by atoms with Crippen molar-refractivity contribution < 1.29 is 8.78 Å². The minimum atomic E-state index is -0.212. The van der Waals surface area contributed by atoms with Crippen molar-refractivity contribution in [2.24, 2.45) is 0 Å². The number of nitrogens with one attached hydrogen (secondary N) is 4. The molecule has 0 aliphatic rings. The molecule has 4 unspecified atom stereocenters. The molecule has 0 radical (unpaired) electrons. The number of para-hydroxylation sites is 4. The number of aryl methyl sites for hydroxylation is 4. The van der Waals surface area contributed by atoms with Crippen LogP contribution in [0.3, 0.4) is 0 Å². The first-order chi connectivity index (χ1) is 49.8. The first-order valence-corrected chi connectivity index (χ1v) is 35.4. The Morgan fingerprint density at radius 3 is 0.902 bits per heavy atom. The van der Waals surface area contributed by atoms with Gasteiger partial charge >= 0.3 is 0 Å². The average Bonchev–Trinajstić information content (AvgIpc) is 1.63. The highest BCUT2D eigenvalue weighted by Crippen LogP contribution is 2.41. The number of hydrogen-bond acceptors (Lipinski definition) is 4. The minimum Gasteiger partial charge on any atom is -0.358 e. The number of nitrogens with zero attached hydrogens (tertiary/aromatic N) is 4. The molecule has 11 heteroatoms. The Hall–Kier alpha value is -11.3. The van der Waals surface area contributed by atoms with Crippen molar-refractivity contribution in [2.75, 3.05) is 0 Å². The Labute approximate surface area is 601 Å². The Kier molecular flexibility index (Phi) is 21.9. The van der Waals surface area contributed by atoms with Crippen molar-refractivity contribution in [3.8, 4) is 0 Å². The van der Waals surface area contributed by atoms with Crippen molar-refractivity contribution in [1.82, 2.24) is 39.9 Å². The molecular formula is C91H83ClF2N8. The van der Waals surface area contributed by atoms with Gasteiger partial charge in [-0.15, -0.1) is 0 Å². The molecule has 0 saturated heterocycles. The molecule has 0 amide bonds. The SMILES string of the molecule is Cc1[nH]c2ccccc2c1C(Cc1ccccn1)c1ccc(C(C)C)cc1.Cc1[nH]c2ccccc2c1C(Cc1ccccn1)c1ccc(F)cc1.Cc1[nH]c2ccccc2c1C(Cc1ccccn1)c1cccc(Cl)c1.Cc1[nH]c2ccccc2c1C(Cc1ccccn1)c1cccc(F)c1. The van der Waals surface area contributed by atoms with E-state index in [1.807, 2.05) is 122 Å². The van der Waals surface area contributed by atoms with Crippen LogP contribution in [0, 0.1) is 39.3 Å². The Bertz CT molecular complexity index is 5210. The van der Waals surface area contributed by atoms with Crippen LogP contribution in [-0.2, 0) is 25.7 Å². The Balaban J connectivity index is 0.000000121. The van der Waals surface area contributed by atoms with Gasteiger partial charge in [0, 0.05) is 168 Å². The summed E-state index contributed by atoms with van der Waals surface area (Å²) in [5.74, 6) is 0.760. The lowest BCUT2D eigenvalue weighted by Gasteiger charge is -2.19. The topological polar surface area (TPSA) is 115 Å². The van der Waals surface area contributed by atoms with E-state index >= 15 is 0 Å². The molecule has 16 rings (SSSR count). The number of fused-ring (bicyclic) bond motifs is 4. The maximum absolute atomic E-state index is 13.9. The monoisotopic (exact) mass is 1360 g/mol. The number of pyridine rings is 4. The maximum Gasteiger partial charge on any atom is 0.123 e. The van der Waals surface area contributed by atoms with Crippen molar-refractivity contribution in [2.45, 2.75) is 96.8 Å². The summed E-state index contributed by atoms with van der Waals surface area (Å²) < 4.78 is 27.3. The second kappa shape index (κ2) is 32.3. The first-order valence-electron chi connectivity index (χ1n) is 35.0. The van der Waals surface area contributed by atoms with Crippen molar-refractivity contribution >= 4 is 55.2 Å². The van der Waals surface area contributed by atoms with E-state index in [1.54, 1.807) is 18.3 Å². The van der Waals surface area contributed by atoms with Gasteiger partial charge in [-0.25, -0.2) is 8.78 Å². The van der Waals surface area contributed by atoms with E-state index in [9.17, 15) is 8.78 Å². The van der Waals surface area contributed by atoms with Gasteiger partial charge in [-0.3, -0.25) is 19.9 Å². The Morgan fingerprint density at radius 2 is 0.588 bits per heavy atom. The summed E-state index contributed by atoms with van der Waals surface area (Å²) in [5, 5.41) is 5.74. The van der Waals surface area contributed by atoms with Crippen LogP contribution in [-0.4, -0.2) is 39.9 Å². The fourth-order valence-electron chi connectivity index (χ4n) is 14.7. The fourth-order valence-corrected chi connectivity index (χ4v) is 14.9. The fraction of sp³-hybridized carbons (Fsp3) is 0.165. The molecule has 4 N–H and O–H groups in total. The molecule has 0 aliphatic heterocycles. The van der Waals surface area contributed by atoms with Gasteiger partial charge in [-0.05, 0) is 193 Å². The van der Waals surface area contributed by atoms with E-state index in [1.165, 1.54) is 101 Å². The summed E-state index contributed by atoms with van der Waals surface area (Å²) in [6.45, 7) is 13.0. The zero-order chi connectivity index (χ0) is 70.5. The molecule has 4 atom stereocenters. The minimum absolute atomic E-state index is 0.0433. The number of aromatic amines is 4. The van der Waals surface area contributed by atoms with Crippen LogP contribution in [0.4, 0.5) is 8.78 Å². The molecule has 16 aromatic rings. The Morgan fingerprint density at radius 1 is 0.294 bits per heavy atom. The highest BCUT2D eigenvalue weighted by molar-refractivity contribution is 6.30. The number of aromatic nitrogens is 8. The van der Waals surface area contributed by atoms with Crippen LogP contribution in [0.2, 0.25) is 5.02 Å². The molecule has 8 heterocycles. The summed E-state index contributed by atoms with van der Waals surface area (Å²) in [6, 6.07) is 88.8. The normalized spacial score (nSPS) is 12.5. The smallest absolute Gasteiger partial charge is 0.123 e. The molecule has 8 nitrogen and oxygen atoms in total.